The summed E-state index contributed by atoms with van der Waals surface area (Å²) in [5.74, 6) is -3.26. The van der Waals surface area contributed by atoms with Gasteiger partial charge in [-0.2, -0.15) is 0 Å². The van der Waals surface area contributed by atoms with Gasteiger partial charge >= 0.3 is 5.97 Å². The summed E-state index contributed by atoms with van der Waals surface area (Å²) in [6, 6.07) is 4.43. The molecule has 8 heteroatoms. The third kappa shape index (κ3) is 4.37. The zero-order valence-corrected chi connectivity index (χ0v) is 14.0. The Morgan fingerprint density at radius 2 is 2.12 bits per heavy atom. The summed E-state index contributed by atoms with van der Waals surface area (Å²) in [6.45, 7) is 1.18. The van der Waals surface area contributed by atoms with Gasteiger partial charge in [0.1, 0.15) is 18.2 Å². The maximum atomic E-state index is 13.3. The van der Waals surface area contributed by atoms with Gasteiger partial charge in [-0.1, -0.05) is 17.7 Å². The van der Waals surface area contributed by atoms with Gasteiger partial charge < -0.3 is 19.4 Å². The maximum Gasteiger partial charge on any atom is 0.306 e. The fourth-order valence-corrected chi connectivity index (χ4v) is 2.68. The molecule has 0 aliphatic carbocycles. The van der Waals surface area contributed by atoms with Gasteiger partial charge in [0.25, 0.3) is 0 Å². The molecule has 25 heavy (non-hydrogen) atoms. The summed E-state index contributed by atoms with van der Waals surface area (Å²) in [7, 11) is 0. The zero-order chi connectivity index (χ0) is 18.6. The van der Waals surface area contributed by atoms with Gasteiger partial charge in [-0.3, -0.25) is 9.59 Å². The van der Waals surface area contributed by atoms with Crippen molar-refractivity contribution in [2.75, 3.05) is 6.61 Å². The first-order valence-corrected chi connectivity index (χ1v) is 7.82. The van der Waals surface area contributed by atoms with Crippen LogP contribution in [0.2, 0.25) is 5.02 Å². The average Bonchev–Trinajstić information content (AvgIpc) is 2.56. The first kappa shape index (κ1) is 19.0. The second-order valence-corrected chi connectivity index (χ2v) is 5.58. The quantitative estimate of drug-likeness (QED) is 0.759. The summed E-state index contributed by atoms with van der Waals surface area (Å²) in [6.07, 6.45) is -0.301. The molecule has 0 aliphatic heterocycles. The van der Waals surface area contributed by atoms with Gasteiger partial charge in [-0.15, -0.1) is 0 Å². The smallest absolute Gasteiger partial charge is 0.306 e. The SMILES string of the molecule is CCOC(=O)C[C@H](c1ccc(F)cc1Cl)c1oc(CO)cc(=O)c1O. The average molecular weight is 371 g/mol. The Hall–Kier alpha value is -2.38. The first-order chi connectivity index (χ1) is 11.9. The number of carbonyl (C=O) groups is 1. The standard InChI is InChI=1S/C17H16ClFO6/c1-2-24-15(22)7-12(11-4-3-9(19)5-13(11)18)17-16(23)14(21)6-10(8-20)25-17/h3-6,12,20,23H,2,7-8H2,1H3/t12-/m1/s1. The van der Waals surface area contributed by atoms with Crippen LogP contribution in [0.4, 0.5) is 4.39 Å². The molecule has 1 aromatic carbocycles. The second-order valence-electron chi connectivity index (χ2n) is 5.18. The molecule has 1 aromatic heterocycles. The first-order valence-electron chi connectivity index (χ1n) is 7.44. The van der Waals surface area contributed by atoms with Crippen molar-refractivity contribution in [3.8, 4) is 5.75 Å². The highest BCUT2D eigenvalue weighted by Gasteiger charge is 2.28. The lowest BCUT2D eigenvalue weighted by Crippen LogP contribution is -2.15. The van der Waals surface area contributed by atoms with E-state index in [4.69, 9.17) is 20.8 Å². The zero-order valence-electron chi connectivity index (χ0n) is 13.3. The molecule has 0 saturated heterocycles. The number of rotatable bonds is 6. The molecule has 2 N–H and O–H groups in total. The maximum absolute atomic E-state index is 13.3. The van der Waals surface area contributed by atoms with Gasteiger partial charge in [0.15, 0.2) is 5.76 Å². The molecule has 0 spiro atoms. The number of ether oxygens (including phenoxy) is 1. The molecule has 2 rings (SSSR count). The van der Waals surface area contributed by atoms with Crippen LogP contribution < -0.4 is 5.43 Å². The van der Waals surface area contributed by atoms with E-state index < -0.39 is 35.5 Å². The molecule has 134 valence electrons. The Kier molecular flexibility index (Phi) is 6.17. The highest BCUT2D eigenvalue weighted by atomic mass is 35.5. The van der Waals surface area contributed by atoms with E-state index >= 15 is 0 Å². The number of halogens is 2. The lowest BCUT2D eigenvalue weighted by Gasteiger charge is -2.18. The molecule has 1 atom stereocenters. The molecule has 0 bridgehead atoms. The predicted octanol–water partition coefficient (Wildman–Crippen LogP) is 2.72. The van der Waals surface area contributed by atoms with Crippen LogP contribution >= 0.6 is 11.6 Å². The minimum absolute atomic E-state index is 0.00857. The van der Waals surface area contributed by atoms with Crippen molar-refractivity contribution < 1.29 is 28.6 Å². The third-order valence-corrected chi connectivity index (χ3v) is 3.81. The van der Waals surface area contributed by atoms with Crippen LogP contribution in [0, 0.1) is 5.82 Å². The summed E-state index contributed by atoms with van der Waals surface area (Å²) in [4.78, 5) is 23.8. The Labute approximate surface area is 147 Å². The Morgan fingerprint density at radius 1 is 1.40 bits per heavy atom. The van der Waals surface area contributed by atoms with E-state index in [-0.39, 0.29) is 35.1 Å². The van der Waals surface area contributed by atoms with E-state index in [1.54, 1.807) is 6.92 Å². The molecule has 0 amide bonds. The number of hydrogen-bond acceptors (Lipinski definition) is 6. The highest BCUT2D eigenvalue weighted by molar-refractivity contribution is 6.31. The van der Waals surface area contributed by atoms with Gasteiger partial charge in [-0.05, 0) is 24.6 Å². The van der Waals surface area contributed by atoms with Crippen molar-refractivity contribution >= 4 is 17.6 Å². The molecule has 6 nitrogen and oxygen atoms in total. The topological polar surface area (TPSA) is 97.0 Å². The number of aromatic hydroxyl groups is 1. The summed E-state index contributed by atoms with van der Waals surface area (Å²) >= 11 is 6.06. The number of esters is 1. The Balaban J connectivity index is 2.61. The van der Waals surface area contributed by atoms with Crippen molar-refractivity contribution in [2.24, 2.45) is 0 Å². The lowest BCUT2D eigenvalue weighted by atomic mass is 9.92. The fourth-order valence-electron chi connectivity index (χ4n) is 2.38. The number of aliphatic hydroxyl groups excluding tert-OH is 1. The number of carbonyl (C=O) groups excluding carboxylic acids is 1. The molecule has 0 saturated carbocycles. The molecule has 0 unspecified atom stereocenters. The van der Waals surface area contributed by atoms with Crippen molar-refractivity contribution in [3.05, 3.63) is 62.4 Å². The van der Waals surface area contributed by atoms with Crippen LogP contribution in [0.15, 0.2) is 33.5 Å². The summed E-state index contributed by atoms with van der Waals surface area (Å²) in [5, 5.41) is 19.3. The largest absolute Gasteiger partial charge is 0.502 e. The minimum Gasteiger partial charge on any atom is -0.502 e. The Morgan fingerprint density at radius 3 is 2.72 bits per heavy atom. The van der Waals surface area contributed by atoms with E-state index in [1.165, 1.54) is 6.07 Å². The van der Waals surface area contributed by atoms with Gasteiger partial charge in [-0.25, -0.2) is 4.39 Å². The van der Waals surface area contributed by atoms with Crippen molar-refractivity contribution in [1.29, 1.82) is 0 Å². The van der Waals surface area contributed by atoms with E-state index in [2.05, 4.69) is 0 Å². The number of hydrogen-bond donors (Lipinski definition) is 2. The van der Waals surface area contributed by atoms with Crippen molar-refractivity contribution in [3.63, 3.8) is 0 Å². The van der Waals surface area contributed by atoms with Crippen LogP contribution in [0.3, 0.4) is 0 Å². The second kappa shape index (κ2) is 8.13. The molecule has 0 aliphatic rings. The van der Waals surface area contributed by atoms with Crippen molar-refractivity contribution in [2.45, 2.75) is 25.9 Å². The minimum atomic E-state index is -0.994. The molecule has 0 radical (unpaired) electrons. The van der Waals surface area contributed by atoms with Crippen LogP contribution in [-0.4, -0.2) is 22.8 Å². The highest BCUT2D eigenvalue weighted by Crippen LogP contribution is 2.37. The van der Waals surface area contributed by atoms with Crippen molar-refractivity contribution in [1.82, 2.24) is 0 Å². The summed E-state index contributed by atoms with van der Waals surface area (Å²) in [5.41, 5.74) is -0.512. The van der Waals surface area contributed by atoms with Crippen LogP contribution in [0.1, 0.15) is 36.3 Å². The van der Waals surface area contributed by atoms with E-state index in [0.29, 0.717) is 0 Å². The van der Waals surface area contributed by atoms with Gasteiger partial charge in [0.05, 0.1) is 18.9 Å². The van der Waals surface area contributed by atoms with Crippen LogP contribution in [0.25, 0.3) is 0 Å². The molecule has 2 aromatic rings. The Bertz CT molecular complexity index is 832. The summed E-state index contributed by atoms with van der Waals surface area (Å²) < 4.78 is 23.6. The molecular formula is C17H16ClFO6. The van der Waals surface area contributed by atoms with Crippen LogP contribution in [-0.2, 0) is 16.1 Å². The van der Waals surface area contributed by atoms with E-state index in [9.17, 15) is 24.2 Å². The third-order valence-electron chi connectivity index (χ3n) is 3.49. The van der Waals surface area contributed by atoms with Gasteiger partial charge in [0.2, 0.25) is 11.2 Å². The monoisotopic (exact) mass is 370 g/mol. The lowest BCUT2D eigenvalue weighted by molar-refractivity contribution is -0.143. The predicted molar refractivity (Wildman–Crippen MR) is 87.1 cm³/mol. The number of benzene rings is 1. The molecule has 0 fully saturated rings. The normalized spacial score (nSPS) is 12.0. The van der Waals surface area contributed by atoms with E-state index in [0.717, 1.165) is 18.2 Å². The van der Waals surface area contributed by atoms with Gasteiger partial charge in [0, 0.05) is 11.1 Å². The molecule has 1 heterocycles. The molecular weight excluding hydrogens is 355 g/mol. The number of aliphatic hydroxyl groups is 1. The van der Waals surface area contributed by atoms with Crippen LogP contribution in [0.5, 0.6) is 5.75 Å². The fraction of sp³-hybridized carbons (Fsp3) is 0.294. The van der Waals surface area contributed by atoms with E-state index in [1.807, 2.05) is 0 Å².